The highest BCUT2D eigenvalue weighted by molar-refractivity contribution is 6.42. The molecule has 0 saturated heterocycles. The van der Waals surface area contributed by atoms with Crippen LogP contribution in [-0.4, -0.2) is 17.2 Å². The molecule has 5 heteroatoms. The average molecular weight is 361 g/mol. The van der Waals surface area contributed by atoms with Gasteiger partial charge in [-0.25, -0.2) is 4.79 Å². The lowest BCUT2D eigenvalue weighted by molar-refractivity contribution is -0.145. The van der Waals surface area contributed by atoms with E-state index in [2.05, 4.69) is 0 Å². The minimum absolute atomic E-state index is 0.194. The van der Waals surface area contributed by atoms with Gasteiger partial charge in [0.1, 0.15) is 5.75 Å². The Kier molecular flexibility index (Phi) is 4.93. The normalized spacial score (nSPS) is 12.1. The van der Waals surface area contributed by atoms with Crippen molar-refractivity contribution in [2.45, 2.75) is 12.5 Å². The molecular weight excluding hydrogens is 347 g/mol. The lowest BCUT2D eigenvalue weighted by Crippen LogP contribution is -2.29. The molecule has 122 valence electrons. The van der Waals surface area contributed by atoms with E-state index in [1.165, 1.54) is 0 Å². The van der Waals surface area contributed by atoms with Crippen molar-refractivity contribution in [3.05, 3.63) is 76.3 Å². The molecule has 1 N–H and O–H groups in total. The lowest BCUT2D eigenvalue weighted by Gasteiger charge is -2.16. The van der Waals surface area contributed by atoms with Crippen molar-refractivity contribution in [1.82, 2.24) is 0 Å². The van der Waals surface area contributed by atoms with E-state index in [1.807, 2.05) is 36.4 Å². The molecule has 3 nitrogen and oxygen atoms in total. The van der Waals surface area contributed by atoms with E-state index in [1.54, 1.807) is 24.3 Å². The van der Waals surface area contributed by atoms with Crippen LogP contribution >= 0.6 is 23.2 Å². The van der Waals surface area contributed by atoms with E-state index in [0.29, 0.717) is 15.8 Å². The van der Waals surface area contributed by atoms with Crippen LogP contribution in [0.5, 0.6) is 5.75 Å². The summed E-state index contributed by atoms with van der Waals surface area (Å²) in [7, 11) is 0. The first-order valence-electron chi connectivity index (χ1n) is 7.35. The number of benzene rings is 3. The summed E-state index contributed by atoms with van der Waals surface area (Å²) in [6, 6.07) is 18.4. The van der Waals surface area contributed by atoms with Crippen molar-refractivity contribution in [3.63, 3.8) is 0 Å². The van der Waals surface area contributed by atoms with E-state index in [4.69, 9.17) is 27.9 Å². The fourth-order valence-electron chi connectivity index (χ4n) is 2.47. The van der Waals surface area contributed by atoms with Gasteiger partial charge >= 0.3 is 5.97 Å². The fourth-order valence-corrected chi connectivity index (χ4v) is 2.79. The Morgan fingerprint density at radius 3 is 2.42 bits per heavy atom. The van der Waals surface area contributed by atoms with E-state index in [9.17, 15) is 9.90 Å². The van der Waals surface area contributed by atoms with Gasteiger partial charge in [-0.3, -0.25) is 0 Å². The van der Waals surface area contributed by atoms with Gasteiger partial charge in [-0.15, -0.1) is 0 Å². The highest BCUT2D eigenvalue weighted by Gasteiger charge is 2.20. The highest BCUT2D eigenvalue weighted by Crippen LogP contribution is 2.25. The second kappa shape index (κ2) is 7.12. The second-order valence-electron chi connectivity index (χ2n) is 5.41. The summed E-state index contributed by atoms with van der Waals surface area (Å²) in [5, 5.41) is 12.3. The number of hydrogen-bond donors (Lipinski definition) is 1. The van der Waals surface area contributed by atoms with Gasteiger partial charge in [-0.2, -0.15) is 0 Å². The molecule has 1 atom stereocenters. The zero-order valence-electron chi connectivity index (χ0n) is 12.6. The van der Waals surface area contributed by atoms with Gasteiger partial charge in [0.15, 0.2) is 6.10 Å². The van der Waals surface area contributed by atoms with Gasteiger partial charge in [0.25, 0.3) is 0 Å². The summed E-state index contributed by atoms with van der Waals surface area (Å²) in [6.07, 6.45) is -0.817. The summed E-state index contributed by atoms with van der Waals surface area (Å²) >= 11 is 11.9. The number of rotatable bonds is 5. The van der Waals surface area contributed by atoms with Crippen molar-refractivity contribution < 1.29 is 14.6 Å². The molecule has 3 aromatic rings. The van der Waals surface area contributed by atoms with Gasteiger partial charge in [0.05, 0.1) is 10.0 Å². The van der Waals surface area contributed by atoms with Gasteiger partial charge in [-0.1, -0.05) is 59.6 Å². The first kappa shape index (κ1) is 16.6. The monoisotopic (exact) mass is 360 g/mol. The van der Waals surface area contributed by atoms with Crippen LogP contribution < -0.4 is 4.74 Å². The van der Waals surface area contributed by atoms with Crippen molar-refractivity contribution in [3.8, 4) is 5.75 Å². The summed E-state index contributed by atoms with van der Waals surface area (Å²) in [6.45, 7) is 0. The van der Waals surface area contributed by atoms with Gasteiger partial charge < -0.3 is 9.84 Å². The zero-order chi connectivity index (χ0) is 17.1. The molecule has 24 heavy (non-hydrogen) atoms. The van der Waals surface area contributed by atoms with E-state index in [-0.39, 0.29) is 6.42 Å². The number of aliphatic carboxylic acids is 1. The van der Waals surface area contributed by atoms with Crippen LogP contribution in [0.3, 0.4) is 0 Å². The summed E-state index contributed by atoms with van der Waals surface area (Å²) < 4.78 is 5.68. The molecule has 0 aliphatic rings. The maximum atomic E-state index is 11.5. The van der Waals surface area contributed by atoms with Crippen molar-refractivity contribution >= 4 is 39.9 Å². The number of halogens is 2. The summed E-state index contributed by atoms with van der Waals surface area (Å²) in [5.74, 6) is -0.518. The lowest BCUT2D eigenvalue weighted by atomic mass is 10.1. The van der Waals surface area contributed by atoms with Crippen LogP contribution in [0.25, 0.3) is 10.8 Å². The number of carbonyl (C=O) groups is 1. The first-order valence-corrected chi connectivity index (χ1v) is 8.11. The molecular formula is C19H14Cl2O3. The molecule has 0 aliphatic carbocycles. The maximum absolute atomic E-state index is 11.5. The van der Waals surface area contributed by atoms with Crippen LogP contribution in [0.15, 0.2) is 60.7 Å². The van der Waals surface area contributed by atoms with E-state index in [0.717, 1.165) is 16.3 Å². The molecule has 0 bridgehead atoms. The predicted molar refractivity (Wildman–Crippen MR) is 96.2 cm³/mol. The Balaban J connectivity index is 1.82. The SMILES string of the molecule is O=C(O)C(Cc1ccc(Cl)c(Cl)c1)Oc1ccc2ccccc2c1. The van der Waals surface area contributed by atoms with E-state index < -0.39 is 12.1 Å². The maximum Gasteiger partial charge on any atom is 0.345 e. The smallest absolute Gasteiger partial charge is 0.345 e. The Morgan fingerprint density at radius 1 is 0.958 bits per heavy atom. The van der Waals surface area contributed by atoms with Crippen molar-refractivity contribution in [2.24, 2.45) is 0 Å². The second-order valence-corrected chi connectivity index (χ2v) is 6.22. The van der Waals surface area contributed by atoms with Gasteiger partial charge in [0, 0.05) is 6.42 Å². The topological polar surface area (TPSA) is 46.5 Å². The molecule has 0 radical (unpaired) electrons. The Labute approximate surface area is 149 Å². The number of ether oxygens (including phenoxy) is 1. The first-order chi connectivity index (χ1) is 11.5. The zero-order valence-corrected chi connectivity index (χ0v) is 14.1. The predicted octanol–water partition coefficient (Wildman–Crippen LogP) is 5.22. The molecule has 0 fully saturated rings. The third kappa shape index (κ3) is 3.81. The third-order valence-corrected chi connectivity index (χ3v) is 4.42. The average Bonchev–Trinajstić information content (AvgIpc) is 2.57. The molecule has 0 heterocycles. The number of fused-ring (bicyclic) bond motifs is 1. The quantitative estimate of drug-likeness (QED) is 0.678. The third-order valence-electron chi connectivity index (χ3n) is 3.68. The molecule has 3 rings (SSSR count). The van der Waals surface area contributed by atoms with Gasteiger partial charge in [0.2, 0.25) is 0 Å². The molecule has 0 saturated carbocycles. The molecule has 0 aromatic heterocycles. The Hall–Kier alpha value is -2.23. The van der Waals surface area contributed by atoms with Crippen LogP contribution in [0.4, 0.5) is 0 Å². The molecule has 1 unspecified atom stereocenters. The number of hydrogen-bond acceptors (Lipinski definition) is 2. The Bertz CT molecular complexity index is 893. The number of carboxylic acid groups (broad SMARTS) is 1. The minimum atomic E-state index is -1.03. The van der Waals surface area contributed by atoms with Gasteiger partial charge in [-0.05, 0) is 40.6 Å². The largest absolute Gasteiger partial charge is 0.478 e. The summed E-state index contributed by atoms with van der Waals surface area (Å²) in [5.41, 5.74) is 0.748. The van der Waals surface area contributed by atoms with Crippen molar-refractivity contribution in [2.75, 3.05) is 0 Å². The minimum Gasteiger partial charge on any atom is -0.478 e. The molecule has 0 aliphatic heterocycles. The summed E-state index contributed by atoms with van der Waals surface area (Å²) in [4.78, 5) is 11.5. The van der Waals surface area contributed by atoms with Crippen LogP contribution in [-0.2, 0) is 11.2 Å². The molecule has 0 amide bonds. The van der Waals surface area contributed by atoms with Crippen molar-refractivity contribution in [1.29, 1.82) is 0 Å². The van der Waals surface area contributed by atoms with Crippen LogP contribution in [0.1, 0.15) is 5.56 Å². The highest BCUT2D eigenvalue weighted by atomic mass is 35.5. The van der Waals surface area contributed by atoms with Crippen LogP contribution in [0, 0.1) is 0 Å². The van der Waals surface area contributed by atoms with Crippen LogP contribution in [0.2, 0.25) is 10.0 Å². The Morgan fingerprint density at radius 2 is 1.71 bits per heavy atom. The molecule has 3 aromatic carbocycles. The fraction of sp³-hybridized carbons (Fsp3) is 0.105. The van der Waals surface area contributed by atoms with E-state index >= 15 is 0 Å². The number of carboxylic acids is 1. The standard InChI is InChI=1S/C19H14Cl2O3/c20-16-8-5-12(9-17(16)21)10-18(19(22)23)24-15-7-6-13-3-1-2-4-14(13)11-15/h1-9,11,18H,10H2,(H,22,23). The molecule has 0 spiro atoms.